The number of anilines is 1. The van der Waals surface area contributed by atoms with Gasteiger partial charge in [-0.2, -0.15) is 0 Å². The molecule has 2 rings (SSSR count). The highest BCUT2D eigenvalue weighted by molar-refractivity contribution is 5.99. The van der Waals surface area contributed by atoms with Crippen molar-refractivity contribution in [2.75, 3.05) is 25.5 Å². The van der Waals surface area contributed by atoms with Crippen LogP contribution in [0.15, 0.2) is 24.3 Å². The summed E-state index contributed by atoms with van der Waals surface area (Å²) in [6, 6.07) is 7.73. The minimum atomic E-state index is 0.116. The number of para-hydroxylation sites is 1. The number of hydrogen-bond donors (Lipinski definition) is 1. The van der Waals surface area contributed by atoms with Crippen LogP contribution in [0.2, 0.25) is 0 Å². The standard InChI is InChI=1S/C15H22N2O/c1-4-16-14-8-6-5-7-13(14)15(18)17(3)10-12-9-11(12)2/h5-8,11-12,16H,4,9-10H2,1-3H3. The predicted molar refractivity (Wildman–Crippen MR) is 74.8 cm³/mol. The third kappa shape index (κ3) is 2.84. The molecule has 2 unspecified atom stereocenters. The third-order valence-corrected chi connectivity index (χ3v) is 3.66. The topological polar surface area (TPSA) is 32.3 Å². The monoisotopic (exact) mass is 246 g/mol. The first kappa shape index (κ1) is 12.9. The van der Waals surface area contributed by atoms with Crippen molar-refractivity contribution in [1.82, 2.24) is 4.90 Å². The second-order valence-corrected chi connectivity index (χ2v) is 5.23. The maximum atomic E-state index is 12.4. The largest absolute Gasteiger partial charge is 0.385 e. The van der Waals surface area contributed by atoms with Crippen LogP contribution in [0.25, 0.3) is 0 Å². The summed E-state index contributed by atoms with van der Waals surface area (Å²) in [7, 11) is 1.90. The average Bonchev–Trinajstić information content (AvgIpc) is 3.05. The van der Waals surface area contributed by atoms with Crippen molar-refractivity contribution in [3.63, 3.8) is 0 Å². The van der Waals surface area contributed by atoms with Gasteiger partial charge in [-0.3, -0.25) is 4.79 Å². The molecule has 1 amide bonds. The molecular weight excluding hydrogens is 224 g/mol. The zero-order valence-electron chi connectivity index (χ0n) is 11.4. The predicted octanol–water partition coefficient (Wildman–Crippen LogP) is 2.85. The Morgan fingerprint density at radius 3 is 2.72 bits per heavy atom. The molecule has 3 heteroatoms. The SMILES string of the molecule is CCNc1ccccc1C(=O)N(C)CC1CC1C. The summed E-state index contributed by atoms with van der Waals surface area (Å²) in [5.74, 6) is 1.60. The first-order chi connectivity index (χ1) is 8.63. The van der Waals surface area contributed by atoms with E-state index >= 15 is 0 Å². The second-order valence-electron chi connectivity index (χ2n) is 5.23. The van der Waals surface area contributed by atoms with Crippen molar-refractivity contribution in [2.24, 2.45) is 11.8 Å². The lowest BCUT2D eigenvalue weighted by atomic mass is 10.1. The normalized spacial score (nSPS) is 21.5. The summed E-state index contributed by atoms with van der Waals surface area (Å²) in [6.45, 7) is 5.99. The number of hydrogen-bond acceptors (Lipinski definition) is 2. The van der Waals surface area contributed by atoms with Crippen molar-refractivity contribution in [1.29, 1.82) is 0 Å². The molecule has 0 spiro atoms. The van der Waals surface area contributed by atoms with Crippen molar-refractivity contribution in [2.45, 2.75) is 20.3 Å². The molecular formula is C15H22N2O. The number of carbonyl (C=O) groups is 1. The molecule has 98 valence electrons. The molecule has 0 saturated heterocycles. The second kappa shape index (κ2) is 5.42. The van der Waals surface area contributed by atoms with E-state index in [2.05, 4.69) is 12.2 Å². The summed E-state index contributed by atoms with van der Waals surface area (Å²) in [5.41, 5.74) is 1.70. The van der Waals surface area contributed by atoms with E-state index in [9.17, 15) is 4.79 Å². The fraction of sp³-hybridized carbons (Fsp3) is 0.533. The van der Waals surface area contributed by atoms with Crippen LogP contribution < -0.4 is 5.32 Å². The van der Waals surface area contributed by atoms with Crippen molar-refractivity contribution < 1.29 is 4.79 Å². The minimum absolute atomic E-state index is 0.116. The van der Waals surface area contributed by atoms with E-state index in [4.69, 9.17) is 0 Å². The molecule has 0 aromatic heterocycles. The molecule has 1 N–H and O–H groups in total. The number of benzene rings is 1. The van der Waals surface area contributed by atoms with Crippen molar-refractivity contribution in [3.05, 3.63) is 29.8 Å². The van der Waals surface area contributed by atoms with E-state index in [1.165, 1.54) is 6.42 Å². The molecule has 3 nitrogen and oxygen atoms in total. The smallest absolute Gasteiger partial charge is 0.255 e. The van der Waals surface area contributed by atoms with E-state index in [0.717, 1.165) is 30.3 Å². The lowest BCUT2D eigenvalue weighted by Gasteiger charge is -2.19. The van der Waals surface area contributed by atoms with Crippen LogP contribution in [-0.4, -0.2) is 30.9 Å². The van der Waals surface area contributed by atoms with Gasteiger partial charge in [-0.25, -0.2) is 0 Å². The fourth-order valence-electron chi connectivity index (χ4n) is 2.31. The van der Waals surface area contributed by atoms with Gasteiger partial charge in [0.15, 0.2) is 0 Å². The molecule has 0 heterocycles. The maximum Gasteiger partial charge on any atom is 0.255 e. The molecule has 1 aromatic rings. The van der Waals surface area contributed by atoms with Gasteiger partial charge >= 0.3 is 0 Å². The van der Waals surface area contributed by atoms with Crippen LogP contribution in [0.1, 0.15) is 30.6 Å². The molecule has 0 aliphatic heterocycles. The summed E-state index contributed by atoms with van der Waals surface area (Å²) < 4.78 is 0. The zero-order valence-corrected chi connectivity index (χ0v) is 11.4. The Labute approximate surface area is 109 Å². The van der Waals surface area contributed by atoms with Crippen LogP contribution in [0.3, 0.4) is 0 Å². The number of carbonyl (C=O) groups excluding carboxylic acids is 1. The van der Waals surface area contributed by atoms with Crippen LogP contribution in [0, 0.1) is 11.8 Å². The highest BCUT2D eigenvalue weighted by atomic mass is 16.2. The Hall–Kier alpha value is -1.51. The van der Waals surface area contributed by atoms with Crippen LogP contribution in [0.4, 0.5) is 5.69 Å². The Bertz CT molecular complexity index is 430. The van der Waals surface area contributed by atoms with E-state index < -0.39 is 0 Å². The molecule has 0 radical (unpaired) electrons. The molecule has 2 atom stereocenters. The number of rotatable bonds is 5. The lowest BCUT2D eigenvalue weighted by molar-refractivity contribution is 0.0788. The maximum absolute atomic E-state index is 12.4. The third-order valence-electron chi connectivity index (χ3n) is 3.66. The van der Waals surface area contributed by atoms with Crippen molar-refractivity contribution in [3.8, 4) is 0 Å². The Kier molecular flexibility index (Phi) is 3.90. The summed E-state index contributed by atoms with van der Waals surface area (Å²) >= 11 is 0. The number of nitrogens with zero attached hydrogens (tertiary/aromatic N) is 1. The number of amides is 1. The van der Waals surface area contributed by atoms with Gasteiger partial charge in [0.05, 0.1) is 5.56 Å². The van der Waals surface area contributed by atoms with E-state index in [1.54, 1.807) is 0 Å². The lowest BCUT2D eigenvalue weighted by Crippen LogP contribution is -2.29. The molecule has 18 heavy (non-hydrogen) atoms. The van der Waals surface area contributed by atoms with Gasteiger partial charge in [0.1, 0.15) is 0 Å². The van der Waals surface area contributed by atoms with Crippen LogP contribution in [-0.2, 0) is 0 Å². The molecule has 1 aliphatic carbocycles. The molecule has 1 fully saturated rings. The fourth-order valence-corrected chi connectivity index (χ4v) is 2.31. The highest BCUT2D eigenvalue weighted by Crippen LogP contribution is 2.38. The van der Waals surface area contributed by atoms with Gasteiger partial charge in [0.25, 0.3) is 5.91 Å². The van der Waals surface area contributed by atoms with Gasteiger partial charge in [0.2, 0.25) is 0 Å². The Morgan fingerprint density at radius 2 is 2.11 bits per heavy atom. The Balaban J connectivity index is 2.07. The van der Waals surface area contributed by atoms with Gasteiger partial charge in [-0.15, -0.1) is 0 Å². The highest BCUT2D eigenvalue weighted by Gasteiger charge is 2.34. The van der Waals surface area contributed by atoms with Gasteiger partial charge in [0, 0.05) is 25.8 Å². The van der Waals surface area contributed by atoms with E-state index in [1.807, 2.05) is 43.1 Å². The summed E-state index contributed by atoms with van der Waals surface area (Å²) in [4.78, 5) is 14.2. The molecule has 0 bridgehead atoms. The molecule has 1 aromatic carbocycles. The Morgan fingerprint density at radius 1 is 1.44 bits per heavy atom. The average molecular weight is 246 g/mol. The first-order valence-corrected chi connectivity index (χ1v) is 6.71. The first-order valence-electron chi connectivity index (χ1n) is 6.71. The van der Waals surface area contributed by atoms with Gasteiger partial charge < -0.3 is 10.2 Å². The quantitative estimate of drug-likeness (QED) is 0.866. The summed E-state index contributed by atoms with van der Waals surface area (Å²) in [5, 5.41) is 3.24. The minimum Gasteiger partial charge on any atom is -0.385 e. The van der Waals surface area contributed by atoms with Crippen LogP contribution in [0.5, 0.6) is 0 Å². The zero-order chi connectivity index (χ0) is 13.1. The summed E-state index contributed by atoms with van der Waals surface area (Å²) in [6.07, 6.45) is 1.26. The van der Waals surface area contributed by atoms with E-state index in [-0.39, 0.29) is 5.91 Å². The van der Waals surface area contributed by atoms with E-state index in [0.29, 0.717) is 5.92 Å². The van der Waals surface area contributed by atoms with Gasteiger partial charge in [-0.1, -0.05) is 19.1 Å². The van der Waals surface area contributed by atoms with Crippen molar-refractivity contribution >= 4 is 11.6 Å². The van der Waals surface area contributed by atoms with Crippen LogP contribution >= 0.6 is 0 Å². The molecule has 1 aliphatic rings. The number of nitrogens with one attached hydrogen (secondary N) is 1. The van der Waals surface area contributed by atoms with Gasteiger partial charge in [-0.05, 0) is 37.3 Å². The molecule has 1 saturated carbocycles.